The third-order valence-electron chi connectivity index (χ3n) is 5.68. The molecule has 1 aliphatic heterocycles. The number of hydrogen-bond donors (Lipinski definition) is 0. The van der Waals surface area contributed by atoms with Gasteiger partial charge in [0.25, 0.3) is 5.01 Å². The standard InChI is InChI=1S/C23H24Br2N2O6S4/c24-16-5-7-20-18(13-16)26(9-1-3-11-36(28,29)30)22(34-20)15-23-27(10-2-4-12-37(31,32)33)19-14-17(25)6-8-21(19)35-23/h5-8,13-15H,1-4,9-12H2,(H-,28,29,30,31,32,33)/p-1. The molecule has 14 heteroatoms. The fourth-order valence-electron chi connectivity index (χ4n) is 4.03. The number of anilines is 1. The van der Waals surface area contributed by atoms with E-state index in [0.29, 0.717) is 25.9 Å². The molecule has 0 spiro atoms. The maximum Gasteiger partial charge on any atom is 0.265 e. The number of benzene rings is 2. The highest BCUT2D eigenvalue weighted by Gasteiger charge is 2.28. The molecule has 1 aromatic heterocycles. The number of rotatable bonds is 11. The molecule has 0 radical (unpaired) electrons. The molecular formula is C23H23Br2N2O6S4-. The Kier molecular flexibility index (Phi) is 9.42. The summed E-state index contributed by atoms with van der Waals surface area (Å²) in [5.74, 6) is -0.773. The molecule has 2 aromatic carbocycles. The van der Waals surface area contributed by atoms with Crippen molar-refractivity contribution in [3.63, 3.8) is 0 Å². The first-order valence-corrected chi connectivity index (χ1v) is 17.7. The van der Waals surface area contributed by atoms with Crippen molar-refractivity contribution in [3.8, 4) is 0 Å². The summed E-state index contributed by atoms with van der Waals surface area (Å²) in [4.78, 5) is 3.21. The van der Waals surface area contributed by atoms with E-state index in [1.807, 2.05) is 36.4 Å². The highest BCUT2D eigenvalue weighted by Crippen LogP contribution is 2.48. The van der Waals surface area contributed by atoms with Gasteiger partial charge in [-0.1, -0.05) is 55.0 Å². The molecule has 4 rings (SSSR count). The molecule has 0 N–H and O–H groups in total. The van der Waals surface area contributed by atoms with E-state index in [1.165, 1.54) is 0 Å². The number of halogens is 2. The largest absolute Gasteiger partial charge is 0.748 e. The fraction of sp³-hybridized carbons (Fsp3) is 0.348. The third-order valence-corrected chi connectivity index (χ3v) is 10.5. The summed E-state index contributed by atoms with van der Waals surface area (Å²) in [5, 5.41) is 1.94. The predicted molar refractivity (Wildman–Crippen MR) is 153 cm³/mol. The molecule has 0 saturated carbocycles. The summed E-state index contributed by atoms with van der Waals surface area (Å²) in [6.45, 7) is 1.10. The Morgan fingerprint density at radius 1 is 0.892 bits per heavy atom. The van der Waals surface area contributed by atoms with E-state index in [1.54, 1.807) is 23.1 Å². The van der Waals surface area contributed by atoms with Crippen molar-refractivity contribution in [1.82, 2.24) is 0 Å². The van der Waals surface area contributed by atoms with Crippen molar-refractivity contribution in [2.24, 2.45) is 0 Å². The van der Waals surface area contributed by atoms with Crippen molar-refractivity contribution in [1.29, 1.82) is 0 Å². The monoisotopic (exact) mass is 709 g/mol. The van der Waals surface area contributed by atoms with E-state index >= 15 is 0 Å². The van der Waals surface area contributed by atoms with Gasteiger partial charge in [0.2, 0.25) is 5.52 Å². The second-order valence-electron chi connectivity index (χ2n) is 8.49. The van der Waals surface area contributed by atoms with Gasteiger partial charge in [-0.2, -0.15) is 4.57 Å². The van der Waals surface area contributed by atoms with Gasteiger partial charge in [0.05, 0.1) is 37.0 Å². The van der Waals surface area contributed by atoms with Crippen LogP contribution in [0.5, 0.6) is 0 Å². The molecule has 0 atom stereocenters. The molecule has 8 nitrogen and oxygen atoms in total. The SMILES string of the molecule is O=S(=O)([O-])CCCCN1/C(=C/c2sc3ccc(Br)cc3[n+]2CCCCS(=O)(=O)[O-])Sc2ccc(Br)cc21. The van der Waals surface area contributed by atoms with Crippen LogP contribution in [0.2, 0.25) is 0 Å². The Bertz CT molecular complexity index is 1550. The van der Waals surface area contributed by atoms with Crippen LogP contribution >= 0.6 is 55.0 Å². The van der Waals surface area contributed by atoms with E-state index in [2.05, 4.69) is 47.4 Å². The summed E-state index contributed by atoms with van der Waals surface area (Å²) in [7, 11) is -8.50. The Balaban J connectivity index is 1.66. The summed E-state index contributed by atoms with van der Waals surface area (Å²) in [6, 6.07) is 12.0. The molecule has 0 unspecified atom stereocenters. The zero-order valence-electron chi connectivity index (χ0n) is 19.4. The van der Waals surface area contributed by atoms with Crippen LogP contribution in [0.3, 0.4) is 0 Å². The van der Waals surface area contributed by atoms with Gasteiger partial charge in [-0.25, -0.2) is 16.8 Å². The average molecular weight is 712 g/mol. The lowest BCUT2D eigenvalue weighted by Crippen LogP contribution is -2.35. The maximum absolute atomic E-state index is 11.0. The summed E-state index contributed by atoms with van der Waals surface area (Å²) >= 11 is 10.3. The average Bonchev–Trinajstić information content (AvgIpc) is 3.30. The zero-order valence-corrected chi connectivity index (χ0v) is 25.9. The lowest BCUT2D eigenvalue weighted by molar-refractivity contribution is -0.669. The fourth-order valence-corrected chi connectivity index (χ4v) is 8.13. The van der Waals surface area contributed by atoms with Crippen molar-refractivity contribution in [3.05, 3.63) is 55.4 Å². The molecule has 0 aliphatic carbocycles. The van der Waals surface area contributed by atoms with Crippen molar-refractivity contribution >= 4 is 97.2 Å². The Morgan fingerprint density at radius 3 is 2.24 bits per heavy atom. The van der Waals surface area contributed by atoms with Crippen LogP contribution < -0.4 is 9.47 Å². The van der Waals surface area contributed by atoms with Gasteiger partial charge >= 0.3 is 0 Å². The number of hydrogen-bond acceptors (Lipinski definition) is 9. The lowest BCUT2D eigenvalue weighted by Gasteiger charge is -2.20. The van der Waals surface area contributed by atoms with Crippen LogP contribution in [-0.4, -0.2) is 44.0 Å². The molecule has 0 saturated heterocycles. The minimum Gasteiger partial charge on any atom is -0.748 e. The molecule has 37 heavy (non-hydrogen) atoms. The van der Waals surface area contributed by atoms with Crippen molar-refractivity contribution in [2.45, 2.75) is 37.1 Å². The van der Waals surface area contributed by atoms with E-state index in [0.717, 1.165) is 39.8 Å². The molecule has 0 amide bonds. The molecule has 0 fully saturated rings. The van der Waals surface area contributed by atoms with E-state index < -0.39 is 20.2 Å². The normalized spacial score (nSPS) is 15.1. The Morgan fingerprint density at radius 2 is 1.54 bits per heavy atom. The van der Waals surface area contributed by atoms with Gasteiger partial charge in [0, 0.05) is 44.4 Å². The van der Waals surface area contributed by atoms with Crippen LogP contribution in [0.4, 0.5) is 5.69 Å². The second-order valence-corrected chi connectivity index (χ2v) is 15.5. The van der Waals surface area contributed by atoms with Crippen LogP contribution in [-0.2, 0) is 26.8 Å². The minimum absolute atomic E-state index is 0.281. The van der Waals surface area contributed by atoms with Gasteiger partial charge in [0.15, 0.2) is 6.54 Å². The molecule has 200 valence electrons. The quantitative estimate of drug-likeness (QED) is 0.150. The molecule has 2 heterocycles. The van der Waals surface area contributed by atoms with E-state index in [-0.39, 0.29) is 24.3 Å². The lowest BCUT2D eigenvalue weighted by atomic mass is 10.2. The van der Waals surface area contributed by atoms with Gasteiger partial charge in [0.1, 0.15) is 4.70 Å². The smallest absolute Gasteiger partial charge is 0.265 e. The van der Waals surface area contributed by atoms with Gasteiger partial charge in [-0.15, -0.1) is 0 Å². The first-order chi connectivity index (χ1) is 17.4. The maximum atomic E-state index is 11.0. The second kappa shape index (κ2) is 12.0. The number of thioether (sulfide) groups is 1. The number of aryl methyl sites for hydroxylation is 1. The first kappa shape index (κ1) is 29.0. The van der Waals surface area contributed by atoms with Crippen LogP contribution in [0.25, 0.3) is 16.3 Å². The predicted octanol–water partition coefficient (Wildman–Crippen LogP) is 5.28. The van der Waals surface area contributed by atoms with Gasteiger partial charge in [-0.05, 0) is 49.6 Å². The van der Waals surface area contributed by atoms with Crippen LogP contribution in [0.15, 0.2) is 55.3 Å². The number of aromatic nitrogens is 1. The van der Waals surface area contributed by atoms with Gasteiger partial charge < -0.3 is 14.0 Å². The Hall–Kier alpha value is -1.00. The van der Waals surface area contributed by atoms with Crippen molar-refractivity contribution < 1.29 is 30.5 Å². The zero-order chi connectivity index (χ0) is 26.8. The van der Waals surface area contributed by atoms with E-state index in [4.69, 9.17) is 0 Å². The topological polar surface area (TPSA) is 122 Å². The van der Waals surface area contributed by atoms with Crippen LogP contribution in [0.1, 0.15) is 30.7 Å². The van der Waals surface area contributed by atoms with Crippen molar-refractivity contribution in [2.75, 3.05) is 23.0 Å². The van der Waals surface area contributed by atoms with Crippen LogP contribution in [0, 0.1) is 0 Å². The van der Waals surface area contributed by atoms with Gasteiger partial charge in [-0.3, -0.25) is 0 Å². The number of nitrogens with zero attached hydrogens (tertiary/aromatic N) is 2. The number of thiazole rings is 1. The highest BCUT2D eigenvalue weighted by atomic mass is 79.9. The summed E-state index contributed by atoms with van der Waals surface area (Å²) < 4.78 is 71.3. The molecule has 0 bridgehead atoms. The third kappa shape index (κ3) is 8.01. The highest BCUT2D eigenvalue weighted by molar-refractivity contribution is 9.10. The Labute approximate surface area is 241 Å². The number of fused-ring (bicyclic) bond motifs is 2. The molecule has 1 aliphatic rings. The summed E-state index contributed by atoms with van der Waals surface area (Å²) in [5.41, 5.74) is 2.01. The molecule has 3 aromatic rings. The molecular weight excluding hydrogens is 688 g/mol. The minimum atomic E-state index is -4.25. The van der Waals surface area contributed by atoms with E-state index in [9.17, 15) is 25.9 Å². The summed E-state index contributed by atoms with van der Waals surface area (Å²) in [6.07, 6.45) is 3.72. The first-order valence-electron chi connectivity index (χ1n) is 11.4. The number of unbranched alkanes of at least 4 members (excludes halogenated alkanes) is 2.